The molecule has 2 N–H and O–H groups in total. The molecular weight excluding hydrogens is 357 g/mol. The van der Waals surface area contributed by atoms with Crippen molar-refractivity contribution in [2.24, 2.45) is 4.99 Å². The van der Waals surface area contributed by atoms with Crippen LogP contribution in [0.25, 0.3) is 0 Å². The Balaban J connectivity index is 1.85. The molecule has 0 saturated heterocycles. The second-order valence-electron chi connectivity index (χ2n) is 6.52. The largest absolute Gasteiger partial charge is 0.357 e. The SMILES string of the molecule is CCNC(=NCc1ccc(C)c(F)c1)NCC(=O)N(C)CCc1ccccn1. The fraction of sp³-hybridized carbons (Fsp3) is 0.381. The Labute approximate surface area is 165 Å². The molecule has 0 atom stereocenters. The van der Waals surface area contributed by atoms with Crippen LogP contribution >= 0.6 is 0 Å². The van der Waals surface area contributed by atoms with Gasteiger partial charge in [-0.05, 0) is 43.2 Å². The Morgan fingerprint density at radius 2 is 2.07 bits per heavy atom. The van der Waals surface area contributed by atoms with Crippen LogP contribution in [0.15, 0.2) is 47.6 Å². The summed E-state index contributed by atoms with van der Waals surface area (Å²) in [5.74, 6) is 0.244. The zero-order valence-electron chi connectivity index (χ0n) is 16.7. The number of halogens is 1. The van der Waals surface area contributed by atoms with Gasteiger partial charge in [0, 0.05) is 38.4 Å². The minimum absolute atomic E-state index is 0.0390. The van der Waals surface area contributed by atoms with Gasteiger partial charge in [0.1, 0.15) is 5.82 Å². The van der Waals surface area contributed by atoms with E-state index in [2.05, 4.69) is 20.6 Å². The van der Waals surface area contributed by atoms with Crippen LogP contribution in [0, 0.1) is 12.7 Å². The van der Waals surface area contributed by atoms with E-state index in [0.717, 1.165) is 11.3 Å². The van der Waals surface area contributed by atoms with Crippen molar-refractivity contribution in [3.8, 4) is 0 Å². The fourth-order valence-corrected chi connectivity index (χ4v) is 2.49. The molecule has 0 unspecified atom stereocenters. The Hall–Kier alpha value is -2.96. The van der Waals surface area contributed by atoms with Crippen molar-refractivity contribution in [2.75, 3.05) is 26.7 Å². The van der Waals surface area contributed by atoms with Crippen LogP contribution in [0.4, 0.5) is 4.39 Å². The van der Waals surface area contributed by atoms with Gasteiger partial charge < -0.3 is 15.5 Å². The highest BCUT2D eigenvalue weighted by molar-refractivity contribution is 5.86. The monoisotopic (exact) mass is 385 g/mol. The predicted octanol–water partition coefficient (Wildman–Crippen LogP) is 2.29. The molecule has 0 saturated carbocycles. The zero-order valence-corrected chi connectivity index (χ0v) is 16.7. The molecule has 2 aromatic rings. The molecular formula is C21H28FN5O. The van der Waals surface area contributed by atoms with E-state index in [9.17, 15) is 9.18 Å². The van der Waals surface area contributed by atoms with E-state index < -0.39 is 0 Å². The second-order valence-corrected chi connectivity index (χ2v) is 6.52. The molecule has 0 spiro atoms. The summed E-state index contributed by atoms with van der Waals surface area (Å²) < 4.78 is 13.7. The number of nitrogens with one attached hydrogen (secondary N) is 2. The summed E-state index contributed by atoms with van der Waals surface area (Å²) in [6, 6.07) is 10.8. The minimum atomic E-state index is -0.240. The molecule has 1 heterocycles. The van der Waals surface area contributed by atoms with E-state index in [1.165, 1.54) is 6.07 Å². The third-order valence-corrected chi connectivity index (χ3v) is 4.26. The van der Waals surface area contributed by atoms with Gasteiger partial charge in [-0.3, -0.25) is 9.78 Å². The van der Waals surface area contributed by atoms with Crippen LogP contribution in [-0.2, 0) is 17.8 Å². The van der Waals surface area contributed by atoms with Gasteiger partial charge in [0.25, 0.3) is 0 Å². The number of likely N-dealkylation sites (N-methyl/N-ethyl adjacent to an activating group) is 1. The number of aromatic nitrogens is 1. The highest BCUT2D eigenvalue weighted by Gasteiger charge is 2.10. The zero-order chi connectivity index (χ0) is 20.4. The van der Waals surface area contributed by atoms with Gasteiger partial charge in [0.15, 0.2) is 5.96 Å². The van der Waals surface area contributed by atoms with Crippen LogP contribution in [0.5, 0.6) is 0 Å². The lowest BCUT2D eigenvalue weighted by atomic mass is 10.1. The molecule has 6 nitrogen and oxygen atoms in total. The molecule has 7 heteroatoms. The van der Waals surface area contributed by atoms with E-state index in [4.69, 9.17) is 0 Å². The van der Waals surface area contributed by atoms with Crippen molar-refractivity contribution >= 4 is 11.9 Å². The molecule has 2 rings (SSSR count). The average Bonchev–Trinajstić information content (AvgIpc) is 2.71. The first kappa shape index (κ1) is 21.3. The Morgan fingerprint density at radius 1 is 1.25 bits per heavy atom. The number of pyridine rings is 1. The third kappa shape index (κ3) is 6.98. The molecule has 150 valence electrons. The molecule has 0 radical (unpaired) electrons. The van der Waals surface area contributed by atoms with Crippen molar-refractivity contribution in [3.05, 3.63) is 65.2 Å². The van der Waals surface area contributed by atoms with Gasteiger partial charge in [0.2, 0.25) is 5.91 Å². The highest BCUT2D eigenvalue weighted by Crippen LogP contribution is 2.09. The number of nitrogens with zero attached hydrogens (tertiary/aromatic N) is 3. The van der Waals surface area contributed by atoms with E-state index >= 15 is 0 Å². The number of rotatable bonds is 8. The lowest BCUT2D eigenvalue weighted by Gasteiger charge is -2.18. The average molecular weight is 385 g/mol. The maximum atomic E-state index is 13.7. The number of benzene rings is 1. The smallest absolute Gasteiger partial charge is 0.241 e. The Bertz CT molecular complexity index is 795. The number of hydrogen-bond donors (Lipinski definition) is 2. The van der Waals surface area contributed by atoms with Crippen LogP contribution in [-0.4, -0.2) is 48.4 Å². The molecule has 0 aliphatic rings. The predicted molar refractivity (Wildman–Crippen MR) is 110 cm³/mol. The van der Waals surface area contributed by atoms with E-state index in [0.29, 0.717) is 37.6 Å². The molecule has 0 bridgehead atoms. The lowest BCUT2D eigenvalue weighted by Crippen LogP contribution is -2.44. The van der Waals surface area contributed by atoms with Crippen molar-refractivity contribution in [2.45, 2.75) is 26.8 Å². The van der Waals surface area contributed by atoms with Gasteiger partial charge in [-0.25, -0.2) is 9.38 Å². The summed E-state index contributed by atoms with van der Waals surface area (Å²) in [5.41, 5.74) is 2.34. The van der Waals surface area contributed by atoms with E-state index in [-0.39, 0.29) is 18.3 Å². The van der Waals surface area contributed by atoms with E-state index in [1.807, 2.05) is 31.2 Å². The van der Waals surface area contributed by atoms with Crippen LogP contribution < -0.4 is 10.6 Å². The molecule has 1 aromatic carbocycles. The molecule has 1 amide bonds. The number of guanidine groups is 1. The van der Waals surface area contributed by atoms with Crippen LogP contribution in [0.3, 0.4) is 0 Å². The van der Waals surface area contributed by atoms with Gasteiger partial charge in [0.05, 0.1) is 13.1 Å². The topological polar surface area (TPSA) is 69.6 Å². The third-order valence-electron chi connectivity index (χ3n) is 4.26. The number of aryl methyl sites for hydroxylation is 1. The maximum Gasteiger partial charge on any atom is 0.241 e. The summed E-state index contributed by atoms with van der Waals surface area (Å²) >= 11 is 0. The van der Waals surface area contributed by atoms with Crippen molar-refractivity contribution in [3.63, 3.8) is 0 Å². The fourth-order valence-electron chi connectivity index (χ4n) is 2.49. The molecule has 0 fully saturated rings. The number of amides is 1. The quantitative estimate of drug-likeness (QED) is 0.540. The Morgan fingerprint density at radius 3 is 2.75 bits per heavy atom. The first-order valence-corrected chi connectivity index (χ1v) is 9.40. The maximum absolute atomic E-state index is 13.7. The normalized spacial score (nSPS) is 11.2. The van der Waals surface area contributed by atoms with Gasteiger partial charge in [-0.1, -0.05) is 18.2 Å². The van der Waals surface area contributed by atoms with Gasteiger partial charge in [-0.2, -0.15) is 0 Å². The lowest BCUT2D eigenvalue weighted by molar-refractivity contribution is -0.128. The Kier molecular flexibility index (Phi) is 8.39. The standard InChI is InChI=1S/C21H28FN5O/c1-4-23-21(25-14-17-9-8-16(2)19(22)13-17)26-15-20(28)27(3)12-10-18-7-5-6-11-24-18/h5-9,11,13H,4,10,12,14-15H2,1-3H3,(H2,23,25,26). The summed E-state index contributed by atoms with van der Waals surface area (Å²) in [7, 11) is 1.77. The second kappa shape index (κ2) is 11.0. The molecule has 28 heavy (non-hydrogen) atoms. The van der Waals surface area contributed by atoms with Crippen LogP contribution in [0.1, 0.15) is 23.7 Å². The van der Waals surface area contributed by atoms with Crippen molar-refractivity contribution in [1.82, 2.24) is 20.5 Å². The van der Waals surface area contributed by atoms with Gasteiger partial charge in [-0.15, -0.1) is 0 Å². The highest BCUT2D eigenvalue weighted by atomic mass is 19.1. The number of aliphatic imine (C=N–C) groups is 1. The van der Waals surface area contributed by atoms with Gasteiger partial charge >= 0.3 is 0 Å². The number of carbonyl (C=O) groups excluding carboxylic acids is 1. The number of carbonyl (C=O) groups is 1. The summed E-state index contributed by atoms with van der Waals surface area (Å²) in [6.45, 7) is 5.39. The first-order chi connectivity index (χ1) is 13.5. The molecule has 0 aliphatic carbocycles. The first-order valence-electron chi connectivity index (χ1n) is 9.40. The number of hydrogen-bond acceptors (Lipinski definition) is 3. The summed E-state index contributed by atoms with van der Waals surface area (Å²) in [6.07, 6.45) is 2.45. The molecule has 1 aromatic heterocycles. The minimum Gasteiger partial charge on any atom is -0.357 e. The summed E-state index contributed by atoms with van der Waals surface area (Å²) in [4.78, 5) is 22.7. The van der Waals surface area contributed by atoms with Crippen LogP contribution in [0.2, 0.25) is 0 Å². The van der Waals surface area contributed by atoms with Crippen molar-refractivity contribution in [1.29, 1.82) is 0 Å². The summed E-state index contributed by atoms with van der Waals surface area (Å²) in [5, 5.41) is 6.13. The molecule has 0 aliphatic heterocycles. The van der Waals surface area contributed by atoms with Crippen molar-refractivity contribution < 1.29 is 9.18 Å². The van der Waals surface area contributed by atoms with E-state index in [1.54, 1.807) is 31.1 Å².